The van der Waals surface area contributed by atoms with Crippen LogP contribution in [0.4, 0.5) is 0 Å². The van der Waals surface area contributed by atoms with Crippen molar-refractivity contribution in [1.82, 2.24) is 4.57 Å². The van der Waals surface area contributed by atoms with Crippen LogP contribution < -0.4 is 5.56 Å². The molecule has 0 spiro atoms. The zero-order valence-electron chi connectivity index (χ0n) is 9.87. The number of hydrogen-bond donors (Lipinski definition) is 0. The second-order valence-electron chi connectivity index (χ2n) is 4.97. The molecule has 2 atom stereocenters. The van der Waals surface area contributed by atoms with Crippen LogP contribution in [0.1, 0.15) is 31.7 Å². The maximum atomic E-state index is 12.0. The highest BCUT2D eigenvalue weighted by Gasteiger charge is 2.23. The summed E-state index contributed by atoms with van der Waals surface area (Å²) in [7, 11) is 0. The smallest absolute Gasteiger partial charge is 0.253 e. The van der Waals surface area contributed by atoms with Gasteiger partial charge < -0.3 is 4.57 Å². The molecule has 0 amide bonds. The second kappa shape index (κ2) is 4.74. The molecule has 1 aliphatic rings. The topological polar surface area (TPSA) is 22.0 Å². The molecule has 1 aromatic rings. The van der Waals surface area contributed by atoms with Crippen molar-refractivity contribution >= 4 is 15.9 Å². The predicted octanol–water partition coefficient (Wildman–Crippen LogP) is 3.36. The Labute approximate surface area is 105 Å². The summed E-state index contributed by atoms with van der Waals surface area (Å²) in [4.78, 5) is 12.0. The van der Waals surface area contributed by atoms with E-state index in [1.165, 1.54) is 19.3 Å². The Morgan fingerprint density at radius 3 is 2.88 bits per heavy atom. The van der Waals surface area contributed by atoms with Gasteiger partial charge in [-0.05, 0) is 47.2 Å². The quantitative estimate of drug-likeness (QED) is 0.816. The number of rotatable bonds is 2. The van der Waals surface area contributed by atoms with Gasteiger partial charge in [0.1, 0.15) is 0 Å². The van der Waals surface area contributed by atoms with Crippen LogP contribution in [0.5, 0.6) is 0 Å². The monoisotopic (exact) mass is 283 g/mol. The van der Waals surface area contributed by atoms with Gasteiger partial charge in [-0.25, -0.2) is 0 Å². The van der Waals surface area contributed by atoms with Crippen LogP contribution in [0.2, 0.25) is 0 Å². The number of hydrogen-bond acceptors (Lipinski definition) is 1. The van der Waals surface area contributed by atoms with Crippen molar-refractivity contribution in [3.63, 3.8) is 0 Å². The lowest BCUT2D eigenvalue weighted by Gasteiger charge is -2.17. The van der Waals surface area contributed by atoms with Crippen LogP contribution in [0, 0.1) is 18.8 Å². The van der Waals surface area contributed by atoms with Gasteiger partial charge in [0, 0.05) is 22.8 Å². The molecular weight excluding hydrogens is 266 g/mol. The summed E-state index contributed by atoms with van der Waals surface area (Å²) in [6, 6.07) is 1.89. The molecule has 0 N–H and O–H groups in total. The molecule has 88 valence electrons. The molecule has 0 radical (unpaired) electrons. The standard InChI is InChI=1S/C13H18BrNO/c1-9-4-3-5-11(9)7-15-8-12(14)6-10(2)13(15)16/h6,8-9,11H,3-5,7H2,1-2H3/t9-,11?/m1/s1. The minimum atomic E-state index is 0.155. The van der Waals surface area contributed by atoms with Gasteiger partial charge in [0.2, 0.25) is 0 Å². The van der Waals surface area contributed by atoms with E-state index in [1.54, 1.807) is 0 Å². The average molecular weight is 284 g/mol. The molecule has 1 saturated carbocycles. The summed E-state index contributed by atoms with van der Waals surface area (Å²) in [6.45, 7) is 5.05. The molecule has 1 fully saturated rings. The Balaban J connectivity index is 2.24. The van der Waals surface area contributed by atoms with Crippen LogP contribution in [0.15, 0.2) is 21.5 Å². The molecule has 0 aliphatic heterocycles. The summed E-state index contributed by atoms with van der Waals surface area (Å²) in [5, 5.41) is 0. The normalized spacial score (nSPS) is 24.9. The first-order valence-corrected chi connectivity index (χ1v) is 6.74. The van der Waals surface area contributed by atoms with Crippen molar-refractivity contribution < 1.29 is 0 Å². The number of nitrogens with zero attached hydrogens (tertiary/aromatic N) is 1. The van der Waals surface area contributed by atoms with Crippen LogP contribution >= 0.6 is 15.9 Å². The van der Waals surface area contributed by atoms with E-state index in [-0.39, 0.29) is 5.56 Å². The van der Waals surface area contributed by atoms with E-state index in [4.69, 9.17) is 0 Å². The molecule has 0 aromatic carbocycles. The third-order valence-corrected chi connectivity index (χ3v) is 4.14. The largest absolute Gasteiger partial charge is 0.314 e. The SMILES string of the molecule is Cc1cc(Br)cn(CC2CCC[C@H]2C)c1=O. The van der Waals surface area contributed by atoms with E-state index < -0.39 is 0 Å². The maximum Gasteiger partial charge on any atom is 0.253 e. The summed E-state index contributed by atoms with van der Waals surface area (Å²) in [5.41, 5.74) is 0.974. The van der Waals surface area contributed by atoms with Crippen LogP contribution in [-0.4, -0.2) is 4.57 Å². The Bertz CT molecular complexity index is 438. The zero-order chi connectivity index (χ0) is 11.7. The van der Waals surface area contributed by atoms with Crippen molar-refractivity contribution in [2.24, 2.45) is 11.8 Å². The molecule has 1 heterocycles. The molecule has 2 rings (SSSR count). The zero-order valence-corrected chi connectivity index (χ0v) is 11.5. The van der Waals surface area contributed by atoms with Gasteiger partial charge in [-0.1, -0.05) is 19.8 Å². The lowest BCUT2D eigenvalue weighted by molar-refractivity contribution is 0.358. The highest BCUT2D eigenvalue weighted by atomic mass is 79.9. The number of aryl methyl sites for hydroxylation is 1. The summed E-state index contributed by atoms with van der Waals surface area (Å²) < 4.78 is 2.86. The summed E-state index contributed by atoms with van der Waals surface area (Å²) >= 11 is 3.45. The van der Waals surface area contributed by atoms with Crippen LogP contribution in [0.3, 0.4) is 0 Å². The van der Waals surface area contributed by atoms with Crippen molar-refractivity contribution in [2.45, 2.75) is 39.7 Å². The van der Waals surface area contributed by atoms with Gasteiger partial charge in [0.15, 0.2) is 0 Å². The Morgan fingerprint density at radius 1 is 1.50 bits per heavy atom. The lowest BCUT2D eigenvalue weighted by atomic mass is 9.98. The van der Waals surface area contributed by atoms with E-state index in [1.807, 2.05) is 23.8 Å². The van der Waals surface area contributed by atoms with Gasteiger partial charge in [-0.3, -0.25) is 4.79 Å². The molecule has 1 aromatic heterocycles. The minimum Gasteiger partial charge on any atom is -0.314 e. The third-order valence-electron chi connectivity index (χ3n) is 3.70. The molecule has 1 unspecified atom stereocenters. The molecule has 1 aliphatic carbocycles. The van der Waals surface area contributed by atoms with E-state index in [0.29, 0.717) is 5.92 Å². The number of aromatic nitrogens is 1. The molecule has 3 heteroatoms. The Kier molecular flexibility index (Phi) is 3.53. The van der Waals surface area contributed by atoms with Gasteiger partial charge >= 0.3 is 0 Å². The first-order valence-electron chi connectivity index (χ1n) is 5.94. The van der Waals surface area contributed by atoms with Crippen molar-refractivity contribution in [2.75, 3.05) is 0 Å². The fourth-order valence-electron chi connectivity index (χ4n) is 2.62. The fourth-order valence-corrected chi connectivity index (χ4v) is 3.21. The first-order chi connectivity index (χ1) is 7.58. The molecule has 16 heavy (non-hydrogen) atoms. The fraction of sp³-hybridized carbons (Fsp3) is 0.615. The molecule has 2 nitrogen and oxygen atoms in total. The van der Waals surface area contributed by atoms with Crippen molar-refractivity contribution in [3.05, 3.63) is 32.7 Å². The lowest BCUT2D eigenvalue weighted by Crippen LogP contribution is -2.26. The third kappa shape index (κ3) is 2.40. The van der Waals surface area contributed by atoms with Gasteiger partial charge in [-0.15, -0.1) is 0 Å². The van der Waals surface area contributed by atoms with E-state index in [9.17, 15) is 4.79 Å². The van der Waals surface area contributed by atoms with E-state index >= 15 is 0 Å². The van der Waals surface area contributed by atoms with Gasteiger partial charge in [0.25, 0.3) is 5.56 Å². The maximum absolute atomic E-state index is 12.0. The summed E-state index contributed by atoms with van der Waals surface area (Å²) in [6.07, 6.45) is 5.81. The Hall–Kier alpha value is -0.570. The van der Waals surface area contributed by atoms with Gasteiger partial charge in [0.05, 0.1) is 0 Å². The van der Waals surface area contributed by atoms with E-state index in [2.05, 4.69) is 22.9 Å². The van der Waals surface area contributed by atoms with Crippen LogP contribution in [-0.2, 0) is 6.54 Å². The van der Waals surface area contributed by atoms with Crippen molar-refractivity contribution in [1.29, 1.82) is 0 Å². The number of pyridine rings is 1. The van der Waals surface area contributed by atoms with Crippen LogP contribution in [0.25, 0.3) is 0 Å². The minimum absolute atomic E-state index is 0.155. The van der Waals surface area contributed by atoms with Gasteiger partial charge in [-0.2, -0.15) is 0 Å². The summed E-state index contributed by atoms with van der Waals surface area (Å²) in [5.74, 6) is 1.43. The highest BCUT2D eigenvalue weighted by molar-refractivity contribution is 9.10. The van der Waals surface area contributed by atoms with E-state index in [0.717, 1.165) is 22.5 Å². The predicted molar refractivity (Wildman–Crippen MR) is 69.6 cm³/mol. The highest BCUT2D eigenvalue weighted by Crippen LogP contribution is 2.32. The van der Waals surface area contributed by atoms with Crippen molar-refractivity contribution in [3.8, 4) is 0 Å². The Morgan fingerprint density at radius 2 is 2.25 bits per heavy atom. The molecular formula is C13H18BrNO. The second-order valence-corrected chi connectivity index (χ2v) is 5.88. The first kappa shape index (κ1) is 11.9. The number of halogens is 1. The molecule has 0 bridgehead atoms. The average Bonchev–Trinajstić information content (AvgIpc) is 2.60. The molecule has 0 saturated heterocycles.